The smallest absolute Gasteiger partial charge is 0.367 e. The van der Waals surface area contributed by atoms with Crippen LogP contribution in [0.15, 0.2) is 30.3 Å². The quantitative estimate of drug-likeness (QED) is 0.667. The van der Waals surface area contributed by atoms with Crippen LogP contribution in [-0.4, -0.2) is 18.6 Å². The van der Waals surface area contributed by atoms with Crippen LogP contribution in [0.3, 0.4) is 0 Å². The first kappa shape index (κ1) is 20.6. The third-order valence-electron chi connectivity index (χ3n) is 5.79. The van der Waals surface area contributed by atoms with Crippen LogP contribution in [0, 0.1) is 22.9 Å². The molecule has 9 heteroatoms. The van der Waals surface area contributed by atoms with Crippen molar-refractivity contribution < 1.29 is 31.1 Å². The van der Waals surface area contributed by atoms with Gasteiger partial charge in [0.2, 0.25) is 5.91 Å². The molecule has 1 fully saturated rings. The Hall–Kier alpha value is -2.71. The third-order valence-corrected chi connectivity index (χ3v) is 5.79. The summed E-state index contributed by atoms with van der Waals surface area (Å²) < 4.78 is 81.3. The summed E-state index contributed by atoms with van der Waals surface area (Å²) >= 11 is 0. The van der Waals surface area contributed by atoms with Gasteiger partial charge in [0, 0.05) is 25.2 Å². The molecule has 1 amide bonds. The number of rotatable bonds is 4. The van der Waals surface area contributed by atoms with Gasteiger partial charge in [-0.1, -0.05) is 6.07 Å². The number of nitrogens with zero attached hydrogens (tertiary/aromatic N) is 1. The largest absolute Gasteiger partial charge is 0.395 e. The van der Waals surface area contributed by atoms with E-state index in [0.29, 0.717) is 19.5 Å². The van der Waals surface area contributed by atoms with Crippen LogP contribution in [-0.2, 0) is 17.8 Å². The van der Waals surface area contributed by atoms with Gasteiger partial charge < -0.3 is 10.2 Å². The second kappa shape index (κ2) is 7.21. The molecule has 0 spiro atoms. The number of anilines is 2. The summed E-state index contributed by atoms with van der Waals surface area (Å²) in [6, 6.07) is 6.43. The normalized spacial score (nSPS) is 17.5. The molecule has 1 saturated carbocycles. The van der Waals surface area contributed by atoms with E-state index < -0.39 is 41.2 Å². The molecule has 1 aliphatic carbocycles. The summed E-state index contributed by atoms with van der Waals surface area (Å²) in [6.45, 7) is 0.740. The minimum Gasteiger partial charge on any atom is -0.367 e. The first-order valence-corrected chi connectivity index (χ1v) is 9.46. The lowest BCUT2D eigenvalue weighted by molar-refractivity contribution is -0.189. The van der Waals surface area contributed by atoms with E-state index in [1.54, 1.807) is 11.0 Å². The molecule has 0 bridgehead atoms. The van der Waals surface area contributed by atoms with Crippen molar-refractivity contribution >= 4 is 17.3 Å². The third kappa shape index (κ3) is 3.85. The average molecular weight is 428 g/mol. The summed E-state index contributed by atoms with van der Waals surface area (Å²) in [5.41, 5.74) is -0.962. The second-order valence-electron chi connectivity index (χ2n) is 7.87. The van der Waals surface area contributed by atoms with Crippen LogP contribution < -0.4 is 10.2 Å². The minimum absolute atomic E-state index is 0.172. The van der Waals surface area contributed by atoms with Gasteiger partial charge in [0.25, 0.3) is 0 Å². The molecular formula is C21H18F6N2O. The molecule has 0 aromatic heterocycles. The zero-order valence-electron chi connectivity index (χ0n) is 15.8. The number of halogens is 6. The SMILES string of the molecule is O=C(CC1(C(F)(F)F)CC1)Nc1c(F)cc(N2CCc3cc(F)ccc3C2)cc1F. The molecule has 2 aromatic carbocycles. The molecular weight excluding hydrogens is 410 g/mol. The van der Waals surface area contributed by atoms with Gasteiger partial charge in [-0.2, -0.15) is 13.2 Å². The molecule has 1 aliphatic heterocycles. The Labute approximate surface area is 168 Å². The minimum atomic E-state index is -4.53. The van der Waals surface area contributed by atoms with Crippen molar-refractivity contribution in [3.8, 4) is 0 Å². The Bertz CT molecular complexity index is 976. The van der Waals surface area contributed by atoms with Crippen LogP contribution in [0.5, 0.6) is 0 Å². The summed E-state index contributed by atoms with van der Waals surface area (Å²) in [5, 5.41) is 1.95. The van der Waals surface area contributed by atoms with Gasteiger partial charge in [0.1, 0.15) is 11.5 Å². The fourth-order valence-corrected chi connectivity index (χ4v) is 3.81. The zero-order valence-corrected chi connectivity index (χ0v) is 15.8. The summed E-state index contributed by atoms with van der Waals surface area (Å²) in [5.74, 6) is -3.57. The zero-order chi connectivity index (χ0) is 21.7. The lowest BCUT2D eigenvalue weighted by Gasteiger charge is -2.31. The molecule has 3 nitrogen and oxygen atoms in total. The van der Waals surface area contributed by atoms with Crippen molar-refractivity contribution in [1.82, 2.24) is 0 Å². The lowest BCUT2D eigenvalue weighted by Crippen LogP contribution is -2.31. The molecule has 2 aliphatic rings. The Morgan fingerprint density at radius 3 is 2.30 bits per heavy atom. The number of fused-ring (bicyclic) bond motifs is 1. The number of alkyl halides is 3. The second-order valence-corrected chi connectivity index (χ2v) is 7.87. The number of nitrogens with one attached hydrogen (secondary N) is 1. The Kier molecular flexibility index (Phi) is 4.94. The fourth-order valence-electron chi connectivity index (χ4n) is 3.81. The average Bonchev–Trinajstić information content (AvgIpc) is 3.45. The van der Waals surface area contributed by atoms with Crippen molar-refractivity contribution in [1.29, 1.82) is 0 Å². The molecule has 1 heterocycles. The molecule has 1 N–H and O–H groups in total. The van der Waals surface area contributed by atoms with E-state index in [-0.39, 0.29) is 24.3 Å². The van der Waals surface area contributed by atoms with Crippen molar-refractivity contribution in [2.45, 2.75) is 38.4 Å². The van der Waals surface area contributed by atoms with E-state index in [9.17, 15) is 31.1 Å². The number of carbonyl (C=O) groups excluding carboxylic acids is 1. The molecule has 0 unspecified atom stereocenters. The van der Waals surface area contributed by atoms with Gasteiger partial charge in [-0.3, -0.25) is 4.79 Å². The highest BCUT2D eigenvalue weighted by Gasteiger charge is 2.63. The fraction of sp³-hybridized carbons (Fsp3) is 0.381. The molecule has 160 valence electrons. The summed E-state index contributed by atoms with van der Waals surface area (Å²) in [7, 11) is 0. The van der Waals surface area contributed by atoms with Gasteiger partial charge in [0.15, 0.2) is 11.6 Å². The van der Waals surface area contributed by atoms with Gasteiger partial charge in [-0.25, -0.2) is 13.2 Å². The van der Waals surface area contributed by atoms with E-state index in [4.69, 9.17) is 0 Å². The van der Waals surface area contributed by atoms with Crippen molar-refractivity contribution in [3.05, 3.63) is 58.9 Å². The maximum Gasteiger partial charge on any atom is 0.395 e. The highest BCUT2D eigenvalue weighted by molar-refractivity contribution is 5.92. The first-order chi connectivity index (χ1) is 14.1. The van der Waals surface area contributed by atoms with Crippen molar-refractivity contribution in [2.24, 2.45) is 5.41 Å². The van der Waals surface area contributed by atoms with Gasteiger partial charge in [0.05, 0.1) is 5.41 Å². The number of carbonyl (C=O) groups is 1. The van der Waals surface area contributed by atoms with Crippen molar-refractivity contribution in [3.63, 3.8) is 0 Å². The van der Waals surface area contributed by atoms with Gasteiger partial charge in [-0.05, 0) is 54.7 Å². The van der Waals surface area contributed by atoms with Gasteiger partial charge in [-0.15, -0.1) is 0 Å². The molecule has 0 saturated heterocycles. The maximum atomic E-state index is 14.5. The maximum absolute atomic E-state index is 14.5. The first-order valence-electron chi connectivity index (χ1n) is 9.46. The van der Waals surface area contributed by atoms with E-state index in [1.165, 1.54) is 12.1 Å². The molecule has 0 atom stereocenters. The molecule has 2 aromatic rings. The van der Waals surface area contributed by atoms with Crippen LogP contribution in [0.1, 0.15) is 30.4 Å². The van der Waals surface area contributed by atoms with Gasteiger partial charge >= 0.3 is 6.18 Å². The van der Waals surface area contributed by atoms with Crippen LogP contribution >= 0.6 is 0 Å². The summed E-state index contributed by atoms with van der Waals surface area (Å²) in [4.78, 5) is 13.7. The predicted molar refractivity (Wildman–Crippen MR) is 98.5 cm³/mol. The number of amides is 1. The van der Waals surface area contributed by atoms with Crippen LogP contribution in [0.2, 0.25) is 0 Å². The highest BCUT2D eigenvalue weighted by Crippen LogP contribution is 2.60. The lowest BCUT2D eigenvalue weighted by atomic mass is 9.99. The summed E-state index contributed by atoms with van der Waals surface area (Å²) in [6.07, 6.45) is -5.24. The number of hydrogen-bond acceptors (Lipinski definition) is 2. The van der Waals surface area contributed by atoms with E-state index in [0.717, 1.165) is 23.3 Å². The van der Waals surface area contributed by atoms with E-state index in [1.807, 2.05) is 5.32 Å². The van der Waals surface area contributed by atoms with E-state index >= 15 is 0 Å². The van der Waals surface area contributed by atoms with Crippen LogP contribution in [0.25, 0.3) is 0 Å². The number of benzene rings is 2. The predicted octanol–water partition coefficient (Wildman–Crippen LogP) is 5.34. The molecule has 0 radical (unpaired) electrons. The van der Waals surface area contributed by atoms with E-state index in [2.05, 4.69) is 0 Å². The standard InChI is InChI=1S/C21H18F6N2O/c22-14-2-1-13-11-29(6-3-12(13)7-14)15-8-16(23)19(17(24)9-15)28-18(30)10-20(4-5-20)21(25,26)27/h1-2,7-9H,3-6,10-11H2,(H,28,30). The molecule has 30 heavy (non-hydrogen) atoms. The van der Waals surface area contributed by atoms with Crippen LogP contribution in [0.4, 0.5) is 37.7 Å². The van der Waals surface area contributed by atoms with Crippen molar-refractivity contribution in [2.75, 3.05) is 16.8 Å². The number of hydrogen-bond donors (Lipinski definition) is 1. The molecule has 4 rings (SSSR count). The monoisotopic (exact) mass is 428 g/mol. The Morgan fingerprint density at radius 2 is 1.70 bits per heavy atom. The highest BCUT2D eigenvalue weighted by atomic mass is 19.4. The topological polar surface area (TPSA) is 32.3 Å². The Morgan fingerprint density at radius 1 is 1.03 bits per heavy atom. The Balaban J connectivity index is 1.49.